The van der Waals surface area contributed by atoms with Crippen LogP contribution in [-0.2, 0) is 6.42 Å². The van der Waals surface area contributed by atoms with Crippen LogP contribution in [0.1, 0.15) is 5.56 Å². The summed E-state index contributed by atoms with van der Waals surface area (Å²) in [5.41, 5.74) is 8.85. The maximum absolute atomic E-state index is 12.9. The molecule has 0 N–H and O–H groups in total. The smallest absolute Gasteiger partial charge is 0.137 e. The van der Waals surface area contributed by atoms with Crippen LogP contribution in [0.4, 0.5) is 4.39 Å². The van der Waals surface area contributed by atoms with Gasteiger partial charge in [-0.2, -0.15) is 0 Å². The van der Waals surface area contributed by atoms with Gasteiger partial charge < -0.3 is 0 Å². The maximum Gasteiger partial charge on any atom is 0.137 e. The predicted octanol–water partition coefficient (Wildman–Crippen LogP) is 3.44. The fourth-order valence-corrected chi connectivity index (χ4v) is 1.42. The van der Waals surface area contributed by atoms with Gasteiger partial charge in [0, 0.05) is 11.5 Å². The molecular formula is C8H7BrFN3. The minimum Gasteiger partial charge on any atom is -0.206 e. The topological polar surface area (TPSA) is 48.8 Å². The molecule has 5 heteroatoms. The first-order chi connectivity index (χ1) is 6.25. The highest BCUT2D eigenvalue weighted by molar-refractivity contribution is 9.10. The lowest BCUT2D eigenvalue weighted by molar-refractivity contribution is 0.618. The molecule has 0 saturated carbocycles. The van der Waals surface area contributed by atoms with Gasteiger partial charge in [-0.05, 0) is 39.5 Å². The molecule has 1 aromatic rings. The van der Waals surface area contributed by atoms with Crippen LogP contribution in [0.15, 0.2) is 27.8 Å². The standard InChI is InChI=1S/C8H7BrFN3/c9-8-6(4-5-12-13-11)2-1-3-7(8)10/h1-3H,4-5H2. The summed E-state index contributed by atoms with van der Waals surface area (Å²) in [4.78, 5) is 2.62. The lowest BCUT2D eigenvalue weighted by Gasteiger charge is -2.01. The Hall–Kier alpha value is -1.06. The summed E-state index contributed by atoms with van der Waals surface area (Å²) in [5.74, 6) is -0.293. The van der Waals surface area contributed by atoms with E-state index in [1.54, 1.807) is 12.1 Å². The second kappa shape index (κ2) is 4.84. The minimum absolute atomic E-state index is 0.293. The van der Waals surface area contributed by atoms with Crippen molar-refractivity contribution >= 4 is 15.9 Å². The first-order valence-electron chi connectivity index (χ1n) is 3.69. The Bertz CT molecular complexity index is 347. The molecule has 0 aliphatic heterocycles. The van der Waals surface area contributed by atoms with Crippen molar-refractivity contribution < 1.29 is 4.39 Å². The van der Waals surface area contributed by atoms with Crippen LogP contribution in [0.25, 0.3) is 10.4 Å². The summed E-state index contributed by atoms with van der Waals surface area (Å²) < 4.78 is 13.4. The van der Waals surface area contributed by atoms with Gasteiger partial charge in [0.2, 0.25) is 0 Å². The Morgan fingerprint density at radius 3 is 3.00 bits per heavy atom. The lowest BCUT2D eigenvalue weighted by Crippen LogP contribution is -1.91. The molecule has 0 amide bonds. The van der Waals surface area contributed by atoms with Gasteiger partial charge in [0.15, 0.2) is 0 Å². The van der Waals surface area contributed by atoms with Crippen LogP contribution in [0.3, 0.4) is 0 Å². The normalized spacial score (nSPS) is 9.38. The molecule has 0 aromatic heterocycles. The third kappa shape index (κ3) is 2.72. The summed E-state index contributed by atoms with van der Waals surface area (Å²) in [5, 5.41) is 3.38. The Kier molecular flexibility index (Phi) is 3.73. The fourth-order valence-electron chi connectivity index (χ4n) is 0.957. The summed E-state index contributed by atoms with van der Waals surface area (Å²) in [7, 11) is 0. The minimum atomic E-state index is -0.293. The van der Waals surface area contributed by atoms with Gasteiger partial charge in [0.25, 0.3) is 0 Å². The Morgan fingerprint density at radius 2 is 2.31 bits per heavy atom. The van der Waals surface area contributed by atoms with Crippen molar-refractivity contribution in [1.82, 2.24) is 0 Å². The van der Waals surface area contributed by atoms with Crippen molar-refractivity contribution in [2.75, 3.05) is 6.54 Å². The number of halogens is 2. The highest BCUT2D eigenvalue weighted by Gasteiger charge is 2.03. The number of hydrogen-bond donors (Lipinski definition) is 0. The maximum atomic E-state index is 12.9. The Morgan fingerprint density at radius 1 is 1.54 bits per heavy atom. The first kappa shape index (κ1) is 10.0. The molecule has 0 bridgehead atoms. The third-order valence-electron chi connectivity index (χ3n) is 1.58. The van der Waals surface area contributed by atoms with Crippen molar-refractivity contribution in [3.05, 3.63) is 44.5 Å². The molecule has 1 aromatic carbocycles. The largest absolute Gasteiger partial charge is 0.206 e. The number of rotatable bonds is 3. The Balaban J connectivity index is 2.76. The van der Waals surface area contributed by atoms with Crippen molar-refractivity contribution in [3.63, 3.8) is 0 Å². The van der Waals surface area contributed by atoms with Crippen LogP contribution in [0.5, 0.6) is 0 Å². The average Bonchev–Trinajstić information content (AvgIpc) is 2.13. The Labute approximate surface area is 83.3 Å². The van der Waals surface area contributed by atoms with Gasteiger partial charge in [-0.1, -0.05) is 17.2 Å². The fraction of sp³-hybridized carbons (Fsp3) is 0.250. The molecule has 13 heavy (non-hydrogen) atoms. The van der Waals surface area contributed by atoms with Crippen LogP contribution in [0, 0.1) is 5.82 Å². The molecule has 0 spiro atoms. The number of nitrogens with zero attached hydrogens (tertiary/aromatic N) is 3. The van der Waals surface area contributed by atoms with E-state index in [0.717, 1.165) is 5.56 Å². The van der Waals surface area contributed by atoms with E-state index in [-0.39, 0.29) is 5.82 Å². The zero-order valence-corrected chi connectivity index (χ0v) is 8.33. The molecule has 0 unspecified atom stereocenters. The summed E-state index contributed by atoms with van der Waals surface area (Å²) in [6, 6.07) is 4.80. The SMILES string of the molecule is [N-]=[N+]=NCCc1cccc(F)c1Br. The van der Waals surface area contributed by atoms with E-state index in [4.69, 9.17) is 5.53 Å². The third-order valence-corrected chi connectivity index (χ3v) is 2.46. The molecule has 0 heterocycles. The molecule has 0 fully saturated rings. The molecular weight excluding hydrogens is 237 g/mol. The lowest BCUT2D eigenvalue weighted by atomic mass is 10.1. The van der Waals surface area contributed by atoms with Crippen LogP contribution in [-0.4, -0.2) is 6.54 Å². The van der Waals surface area contributed by atoms with E-state index in [9.17, 15) is 4.39 Å². The first-order valence-corrected chi connectivity index (χ1v) is 4.48. The van der Waals surface area contributed by atoms with Crippen LogP contribution < -0.4 is 0 Å². The average molecular weight is 244 g/mol. The van der Waals surface area contributed by atoms with Gasteiger partial charge >= 0.3 is 0 Å². The molecule has 68 valence electrons. The van der Waals surface area contributed by atoms with Crippen LogP contribution >= 0.6 is 15.9 Å². The predicted molar refractivity (Wildman–Crippen MR) is 51.8 cm³/mol. The molecule has 0 saturated heterocycles. The van der Waals surface area contributed by atoms with Gasteiger partial charge in [0.05, 0.1) is 4.47 Å². The van der Waals surface area contributed by atoms with Crippen molar-refractivity contribution in [1.29, 1.82) is 0 Å². The van der Waals surface area contributed by atoms with Crippen molar-refractivity contribution in [3.8, 4) is 0 Å². The summed E-state index contributed by atoms with van der Waals surface area (Å²) in [6.45, 7) is 0.346. The molecule has 0 aliphatic rings. The molecule has 0 aliphatic carbocycles. The van der Waals surface area contributed by atoms with E-state index in [0.29, 0.717) is 17.4 Å². The van der Waals surface area contributed by atoms with Gasteiger partial charge in [0.1, 0.15) is 5.82 Å². The number of hydrogen-bond acceptors (Lipinski definition) is 1. The highest BCUT2D eigenvalue weighted by atomic mass is 79.9. The van der Waals surface area contributed by atoms with Crippen molar-refractivity contribution in [2.45, 2.75) is 6.42 Å². The summed E-state index contributed by atoms with van der Waals surface area (Å²) >= 11 is 3.12. The molecule has 1 rings (SSSR count). The van der Waals surface area contributed by atoms with Crippen LogP contribution in [0.2, 0.25) is 0 Å². The van der Waals surface area contributed by atoms with E-state index in [1.807, 2.05) is 0 Å². The van der Waals surface area contributed by atoms with Gasteiger partial charge in [-0.3, -0.25) is 0 Å². The van der Waals surface area contributed by atoms with E-state index in [2.05, 4.69) is 26.0 Å². The number of azide groups is 1. The molecule has 0 radical (unpaired) electrons. The molecule has 0 atom stereocenters. The highest BCUT2D eigenvalue weighted by Crippen LogP contribution is 2.20. The van der Waals surface area contributed by atoms with Gasteiger partial charge in [-0.25, -0.2) is 4.39 Å². The van der Waals surface area contributed by atoms with E-state index in [1.165, 1.54) is 6.07 Å². The summed E-state index contributed by atoms with van der Waals surface area (Å²) in [6.07, 6.45) is 0.544. The second-order valence-electron chi connectivity index (χ2n) is 2.42. The number of benzene rings is 1. The van der Waals surface area contributed by atoms with E-state index < -0.39 is 0 Å². The van der Waals surface area contributed by atoms with E-state index >= 15 is 0 Å². The molecule has 3 nitrogen and oxygen atoms in total. The van der Waals surface area contributed by atoms with Gasteiger partial charge in [-0.15, -0.1) is 0 Å². The monoisotopic (exact) mass is 243 g/mol. The zero-order chi connectivity index (χ0) is 9.68. The second-order valence-corrected chi connectivity index (χ2v) is 3.21. The quantitative estimate of drug-likeness (QED) is 0.444. The zero-order valence-electron chi connectivity index (χ0n) is 6.74. The van der Waals surface area contributed by atoms with Crippen molar-refractivity contribution in [2.24, 2.45) is 5.11 Å².